The van der Waals surface area contributed by atoms with Gasteiger partial charge in [-0.3, -0.25) is 14.4 Å². The van der Waals surface area contributed by atoms with Crippen molar-refractivity contribution >= 4 is 23.7 Å². The summed E-state index contributed by atoms with van der Waals surface area (Å²) in [6.07, 6.45) is 3.25. The van der Waals surface area contributed by atoms with Gasteiger partial charge in [0.2, 0.25) is 17.7 Å². The third-order valence-electron chi connectivity index (χ3n) is 6.36. The van der Waals surface area contributed by atoms with E-state index in [1.807, 2.05) is 44.2 Å². The second kappa shape index (κ2) is 14.5. The van der Waals surface area contributed by atoms with Crippen LogP contribution in [-0.4, -0.2) is 71.0 Å². The van der Waals surface area contributed by atoms with Crippen LogP contribution >= 0.6 is 0 Å². The van der Waals surface area contributed by atoms with Crippen molar-refractivity contribution in [3.8, 4) is 0 Å². The second-order valence-corrected chi connectivity index (χ2v) is 9.86. The minimum absolute atomic E-state index is 0.215. The minimum atomic E-state index is -1.12. The highest BCUT2D eigenvalue weighted by Gasteiger charge is 2.39. The Labute approximate surface area is 213 Å². The van der Waals surface area contributed by atoms with Gasteiger partial charge in [0.25, 0.3) is 0 Å². The highest BCUT2D eigenvalue weighted by Crippen LogP contribution is 2.20. The van der Waals surface area contributed by atoms with Crippen molar-refractivity contribution in [3.63, 3.8) is 0 Å². The average Bonchev–Trinajstić information content (AvgIpc) is 3.32. The van der Waals surface area contributed by atoms with E-state index in [4.69, 9.17) is 11.5 Å². The number of carbonyl (C=O) groups is 4. The number of likely N-dealkylation sites (tertiary alicyclic amines) is 1. The molecule has 7 N–H and O–H groups in total. The molecule has 10 nitrogen and oxygen atoms in total. The van der Waals surface area contributed by atoms with E-state index in [1.54, 1.807) is 0 Å². The SMILES string of the molecule is CC(C)CC(N)C(=O)NC(Cc1ccccc1)C(=O)N1CCCC1C(=O)NC(CCCCN)C(=O)O. The topological polar surface area (TPSA) is 168 Å². The molecular formula is C26H41N5O5. The number of benzene rings is 1. The number of nitrogens with one attached hydrogen (secondary N) is 2. The summed E-state index contributed by atoms with van der Waals surface area (Å²) in [4.78, 5) is 52.6. The lowest BCUT2D eigenvalue weighted by atomic mass is 10.0. The number of unbranched alkanes of at least 4 members (excludes halogenated alkanes) is 1. The Morgan fingerprint density at radius 1 is 1.08 bits per heavy atom. The lowest BCUT2D eigenvalue weighted by molar-refractivity contribution is -0.145. The first-order valence-corrected chi connectivity index (χ1v) is 12.8. The van der Waals surface area contributed by atoms with Gasteiger partial charge < -0.3 is 32.1 Å². The van der Waals surface area contributed by atoms with Crippen LogP contribution < -0.4 is 22.1 Å². The van der Waals surface area contributed by atoms with Crippen LogP contribution in [0.15, 0.2) is 30.3 Å². The maximum Gasteiger partial charge on any atom is 0.326 e. The molecule has 0 radical (unpaired) electrons. The number of carboxylic acids is 1. The molecule has 4 unspecified atom stereocenters. The Bertz CT molecular complexity index is 879. The highest BCUT2D eigenvalue weighted by atomic mass is 16.4. The lowest BCUT2D eigenvalue weighted by Crippen LogP contribution is -2.57. The Morgan fingerprint density at radius 3 is 2.39 bits per heavy atom. The molecular weight excluding hydrogens is 462 g/mol. The second-order valence-electron chi connectivity index (χ2n) is 9.86. The fraction of sp³-hybridized carbons (Fsp3) is 0.615. The fourth-order valence-electron chi connectivity index (χ4n) is 4.46. The van der Waals surface area contributed by atoms with E-state index < -0.39 is 42.0 Å². The number of nitrogens with zero attached hydrogens (tertiary/aromatic N) is 1. The molecule has 1 aromatic carbocycles. The quantitative estimate of drug-likeness (QED) is 0.234. The van der Waals surface area contributed by atoms with Gasteiger partial charge >= 0.3 is 5.97 Å². The van der Waals surface area contributed by atoms with Gasteiger partial charge in [-0.2, -0.15) is 0 Å². The molecule has 3 amide bonds. The molecule has 0 aliphatic carbocycles. The van der Waals surface area contributed by atoms with Crippen LogP contribution in [0.1, 0.15) is 57.9 Å². The van der Waals surface area contributed by atoms with Gasteiger partial charge in [0, 0.05) is 13.0 Å². The summed E-state index contributed by atoms with van der Waals surface area (Å²) < 4.78 is 0. The molecule has 0 saturated carbocycles. The summed E-state index contributed by atoms with van der Waals surface area (Å²) in [5.74, 6) is -2.19. The maximum absolute atomic E-state index is 13.6. The van der Waals surface area contributed by atoms with E-state index >= 15 is 0 Å². The first-order chi connectivity index (χ1) is 17.1. The predicted molar refractivity (Wildman–Crippen MR) is 137 cm³/mol. The van der Waals surface area contributed by atoms with E-state index in [9.17, 15) is 24.3 Å². The van der Waals surface area contributed by atoms with Crippen molar-refractivity contribution in [2.24, 2.45) is 17.4 Å². The number of nitrogens with two attached hydrogens (primary N) is 2. The van der Waals surface area contributed by atoms with Gasteiger partial charge in [-0.1, -0.05) is 44.2 Å². The molecule has 1 saturated heterocycles. The summed E-state index contributed by atoms with van der Waals surface area (Å²) in [5.41, 5.74) is 12.4. The minimum Gasteiger partial charge on any atom is -0.480 e. The number of rotatable bonds is 14. The first-order valence-electron chi connectivity index (χ1n) is 12.8. The van der Waals surface area contributed by atoms with Gasteiger partial charge in [0.05, 0.1) is 6.04 Å². The molecule has 10 heteroatoms. The number of aliphatic carboxylic acids is 1. The van der Waals surface area contributed by atoms with Gasteiger partial charge in [0.15, 0.2) is 0 Å². The number of hydrogen-bond acceptors (Lipinski definition) is 6. The Kier molecular flexibility index (Phi) is 11.8. The largest absolute Gasteiger partial charge is 0.480 e. The van der Waals surface area contributed by atoms with Crippen LogP contribution in [-0.2, 0) is 25.6 Å². The monoisotopic (exact) mass is 503 g/mol. The molecule has 200 valence electrons. The zero-order chi connectivity index (χ0) is 26.7. The van der Waals surface area contributed by atoms with Crippen molar-refractivity contribution < 1.29 is 24.3 Å². The zero-order valence-corrected chi connectivity index (χ0v) is 21.3. The number of amides is 3. The van der Waals surface area contributed by atoms with E-state index in [-0.39, 0.29) is 24.7 Å². The van der Waals surface area contributed by atoms with Gasteiger partial charge in [-0.25, -0.2) is 4.79 Å². The van der Waals surface area contributed by atoms with Crippen molar-refractivity contribution in [2.75, 3.05) is 13.1 Å². The third kappa shape index (κ3) is 8.91. The summed E-state index contributed by atoms with van der Waals surface area (Å²) >= 11 is 0. The molecule has 36 heavy (non-hydrogen) atoms. The molecule has 1 heterocycles. The van der Waals surface area contributed by atoms with E-state index in [1.165, 1.54) is 4.90 Å². The van der Waals surface area contributed by atoms with Gasteiger partial charge in [-0.05, 0) is 56.6 Å². The van der Waals surface area contributed by atoms with Gasteiger partial charge in [-0.15, -0.1) is 0 Å². The molecule has 1 fully saturated rings. The first kappa shape index (κ1) is 29.3. The molecule has 0 bridgehead atoms. The van der Waals surface area contributed by atoms with Crippen LogP contribution in [0.5, 0.6) is 0 Å². The lowest BCUT2D eigenvalue weighted by Gasteiger charge is -2.30. The summed E-state index contributed by atoms with van der Waals surface area (Å²) in [6, 6.07) is 5.82. The highest BCUT2D eigenvalue weighted by molar-refractivity contribution is 5.94. The third-order valence-corrected chi connectivity index (χ3v) is 6.36. The van der Waals surface area contributed by atoms with E-state index in [2.05, 4.69) is 10.6 Å². The van der Waals surface area contributed by atoms with E-state index in [0.29, 0.717) is 45.2 Å². The van der Waals surface area contributed by atoms with Crippen molar-refractivity contribution in [1.29, 1.82) is 0 Å². The fourth-order valence-corrected chi connectivity index (χ4v) is 4.46. The standard InChI is InChI=1S/C26H41N5O5/c1-17(2)15-19(28)23(32)30-21(16-18-9-4-3-5-10-18)25(34)31-14-8-12-22(31)24(33)29-20(26(35)36)11-6-7-13-27/h3-5,9-10,17,19-22H,6-8,11-16,27-28H2,1-2H3,(H,29,33)(H,30,32)(H,35,36). The summed E-state index contributed by atoms with van der Waals surface area (Å²) in [7, 11) is 0. The van der Waals surface area contributed by atoms with Crippen molar-refractivity contribution in [3.05, 3.63) is 35.9 Å². The molecule has 2 rings (SSSR count). The summed E-state index contributed by atoms with van der Waals surface area (Å²) in [6.45, 7) is 4.72. The van der Waals surface area contributed by atoms with Crippen LogP contribution in [0, 0.1) is 5.92 Å². The van der Waals surface area contributed by atoms with Crippen LogP contribution in [0.2, 0.25) is 0 Å². The van der Waals surface area contributed by atoms with Crippen molar-refractivity contribution in [2.45, 2.75) is 83.0 Å². The molecule has 0 spiro atoms. The molecule has 0 aromatic heterocycles. The van der Waals surface area contributed by atoms with Crippen molar-refractivity contribution in [1.82, 2.24) is 15.5 Å². The Morgan fingerprint density at radius 2 is 1.78 bits per heavy atom. The Hall–Kier alpha value is -2.98. The smallest absolute Gasteiger partial charge is 0.326 e. The number of carboxylic acid groups (broad SMARTS) is 1. The molecule has 1 aliphatic heterocycles. The van der Waals surface area contributed by atoms with E-state index in [0.717, 1.165) is 5.56 Å². The zero-order valence-electron chi connectivity index (χ0n) is 21.3. The predicted octanol–water partition coefficient (Wildman–Crippen LogP) is 0.777. The Balaban J connectivity index is 2.17. The van der Waals surface area contributed by atoms with Crippen LogP contribution in [0.4, 0.5) is 0 Å². The normalized spacial score (nSPS) is 17.9. The number of hydrogen-bond donors (Lipinski definition) is 5. The van der Waals surface area contributed by atoms with Crippen LogP contribution in [0.3, 0.4) is 0 Å². The number of carbonyl (C=O) groups excluding carboxylic acids is 3. The van der Waals surface area contributed by atoms with Gasteiger partial charge in [0.1, 0.15) is 18.1 Å². The summed E-state index contributed by atoms with van der Waals surface area (Å²) in [5, 5.41) is 14.9. The van der Waals surface area contributed by atoms with Crippen LogP contribution in [0.25, 0.3) is 0 Å². The maximum atomic E-state index is 13.6. The molecule has 4 atom stereocenters. The molecule has 1 aromatic rings. The average molecular weight is 504 g/mol. The molecule has 1 aliphatic rings.